The molecule has 1 aromatic heterocycles. The van der Waals surface area contributed by atoms with E-state index < -0.39 is 37.5 Å². The standard InChI is InChI=1S/C19H23N2O7P/c1-12(2)14-9-21(19(23)20-18(14)22)17-8-15-16(27-17)11-26-29(24,28-15)25-10-13-6-4-3-5-7-13/h3-7,9,12,15-17H,8,10-11H2,1-2H3,(H,20,22,23)/t15-,16+,17+,29+/m0/s1. The van der Waals surface area contributed by atoms with E-state index in [1.165, 1.54) is 10.8 Å². The van der Waals surface area contributed by atoms with Gasteiger partial charge in [-0.2, -0.15) is 0 Å². The molecule has 0 spiro atoms. The number of aromatic nitrogens is 2. The highest BCUT2D eigenvalue weighted by Crippen LogP contribution is 2.57. The molecule has 0 radical (unpaired) electrons. The van der Waals surface area contributed by atoms with Gasteiger partial charge in [0.05, 0.1) is 13.2 Å². The van der Waals surface area contributed by atoms with E-state index in [9.17, 15) is 14.2 Å². The fourth-order valence-electron chi connectivity index (χ4n) is 3.41. The second-order valence-electron chi connectivity index (χ2n) is 7.42. The molecule has 0 saturated carbocycles. The maximum atomic E-state index is 12.8. The minimum Gasteiger partial charge on any atom is -0.349 e. The van der Waals surface area contributed by atoms with Gasteiger partial charge in [-0.1, -0.05) is 44.2 Å². The Balaban J connectivity index is 1.47. The van der Waals surface area contributed by atoms with Crippen LogP contribution in [-0.2, 0) is 29.5 Å². The molecule has 2 aliphatic rings. The Morgan fingerprint density at radius 3 is 2.72 bits per heavy atom. The van der Waals surface area contributed by atoms with Crippen LogP contribution in [0.4, 0.5) is 0 Å². The summed E-state index contributed by atoms with van der Waals surface area (Å²) in [5.74, 6) is -0.0551. The van der Waals surface area contributed by atoms with Crippen LogP contribution in [0.1, 0.15) is 43.5 Å². The van der Waals surface area contributed by atoms with Crippen LogP contribution in [-0.4, -0.2) is 28.4 Å². The monoisotopic (exact) mass is 422 g/mol. The number of rotatable bonds is 5. The van der Waals surface area contributed by atoms with Gasteiger partial charge in [0, 0.05) is 18.2 Å². The third-order valence-electron chi connectivity index (χ3n) is 5.00. The van der Waals surface area contributed by atoms with Gasteiger partial charge in [-0.05, 0) is 11.5 Å². The molecule has 2 saturated heterocycles. The first-order valence-corrected chi connectivity index (χ1v) is 10.9. The molecular formula is C19H23N2O7P. The van der Waals surface area contributed by atoms with E-state index in [-0.39, 0.29) is 25.6 Å². The molecule has 2 aromatic rings. The van der Waals surface area contributed by atoms with E-state index in [1.54, 1.807) is 0 Å². The highest BCUT2D eigenvalue weighted by molar-refractivity contribution is 7.48. The summed E-state index contributed by atoms with van der Waals surface area (Å²) in [6.45, 7) is 3.86. The van der Waals surface area contributed by atoms with Gasteiger partial charge in [-0.15, -0.1) is 0 Å². The van der Waals surface area contributed by atoms with Crippen LogP contribution in [0, 0.1) is 0 Å². The summed E-state index contributed by atoms with van der Waals surface area (Å²) in [6.07, 6.45) is 0.118. The Labute approximate surface area is 167 Å². The zero-order chi connectivity index (χ0) is 20.6. The van der Waals surface area contributed by atoms with Crippen molar-refractivity contribution in [2.45, 2.75) is 51.2 Å². The summed E-state index contributed by atoms with van der Waals surface area (Å²) in [7, 11) is -3.74. The lowest BCUT2D eigenvalue weighted by atomic mass is 10.1. The lowest BCUT2D eigenvalue weighted by Gasteiger charge is -2.29. The van der Waals surface area contributed by atoms with Crippen molar-refractivity contribution in [1.82, 2.24) is 9.55 Å². The molecule has 1 N–H and O–H groups in total. The molecule has 2 fully saturated rings. The molecule has 3 heterocycles. The summed E-state index contributed by atoms with van der Waals surface area (Å²) >= 11 is 0. The SMILES string of the molecule is CC(C)c1cn([C@H]2C[C@@H]3O[P@](=O)(OCc4ccccc4)OC[C@H]3O2)c(=O)[nH]c1=O. The Morgan fingerprint density at radius 2 is 2.00 bits per heavy atom. The first-order chi connectivity index (χ1) is 13.8. The van der Waals surface area contributed by atoms with Crippen molar-refractivity contribution >= 4 is 7.82 Å². The third-order valence-corrected chi connectivity index (χ3v) is 6.44. The lowest BCUT2D eigenvalue weighted by Crippen LogP contribution is -2.34. The van der Waals surface area contributed by atoms with E-state index in [0.29, 0.717) is 5.56 Å². The van der Waals surface area contributed by atoms with Crippen molar-refractivity contribution in [3.8, 4) is 0 Å². The van der Waals surface area contributed by atoms with E-state index in [2.05, 4.69) is 4.98 Å². The number of phosphoric acid groups is 1. The Kier molecular flexibility index (Phi) is 5.59. The smallest absolute Gasteiger partial charge is 0.349 e. The molecule has 10 heteroatoms. The number of nitrogens with zero attached hydrogens (tertiary/aromatic N) is 1. The number of hydrogen-bond acceptors (Lipinski definition) is 7. The molecule has 4 atom stereocenters. The van der Waals surface area contributed by atoms with Crippen molar-refractivity contribution in [1.29, 1.82) is 0 Å². The van der Waals surface area contributed by atoms with E-state index in [4.69, 9.17) is 18.3 Å². The van der Waals surface area contributed by atoms with Gasteiger partial charge in [0.2, 0.25) is 0 Å². The quantitative estimate of drug-likeness (QED) is 0.738. The molecule has 0 amide bonds. The summed E-state index contributed by atoms with van der Waals surface area (Å²) in [5, 5.41) is 0. The van der Waals surface area contributed by atoms with Crippen LogP contribution >= 0.6 is 7.82 Å². The van der Waals surface area contributed by atoms with E-state index >= 15 is 0 Å². The molecule has 9 nitrogen and oxygen atoms in total. The summed E-state index contributed by atoms with van der Waals surface area (Å²) < 4.78 is 36.4. The molecule has 29 heavy (non-hydrogen) atoms. The zero-order valence-electron chi connectivity index (χ0n) is 16.1. The maximum Gasteiger partial charge on any atom is 0.475 e. The lowest BCUT2D eigenvalue weighted by molar-refractivity contribution is -0.0730. The molecular weight excluding hydrogens is 399 g/mol. The number of aromatic amines is 1. The van der Waals surface area contributed by atoms with Gasteiger partial charge in [-0.3, -0.25) is 27.9 Å². The number of H-pyrrole nitrogens is 1. The van der Waals surface area contributed by atoms with Crippen LogP contribution in [0.25, 0.3) is 0 Å². The van der Waals surface area contributed by atoms with Gasteiger partial charge in [0.25, 0.3) is 5.56 Å². The predicted octanol–water partition coefficient (Wildman–Crippen LogP) is 2.69. The van der Waals surface area contributed by atoms with Gasteiger partial charge >= 0.3 is 13.5 Å². The first kappa shape index (κ1) is 20.3. The molecule has 0 aliphatic carbocycles. The number of phosphoric ester groups is 1. The van der Waals surface area contributed by atoms with Crippen LogP contribution in [0.2, 0.25) is 0 Å². The summed E-state index contributed by atoms with van der Waals surface area (Å²) in [4.78, 5) is 26.6. The maximum absolute atomic E-state index is 12.8. The number of nitrogens with one attached hydrogen (secondary N) is 1. The molecule has 0 bridgehead atoms. The highest BCUT2D eigenvalue weighted by Gasteiger charge is 2.48. The Morgan fingerprint density at radius 1 is 1.24 bits per heavy atom. The molecule has 156 valence electrons. The third kappa shape index (κ3) is 4.29. The van der Waals surface area contributed by atoms with Crippen molar-refractivity contribution in [2.75, 3.05) is 6.61 Å². The first-order valence-electron chi connectivity index (χ1n) is 9.47. The van der Waals surface area contributed by atoms with Crippen molar-refractivity contribution in [3.63, 3.8) is 0 Å². The van der Waals surface area contributed by atoms with Gasteiger partial charge < -0.3 is 4.74 Å². The number of benzene rings is 1. The number of hydrogen-bond donors (Lipinski definition) is 1. The Bertz CT molecular complexity index is 1030. The van der Waals surface area contributed by atoms with Gasteiger partial charge in [0.1, 0.15) is 18.4 Å². The average Bonchev–Trinajstić information content (AvgIpc) is 3.09. The van der Waals surface area contributed by atoms with Crippen molar-refractivity contribution in [3.05, 3.63) is 68.5 Å². The van der Waals surface area contributed by atoms with Crippen molar-refractivity contribution < 1.29 is 22.9 Å². The fourth-order valence-corrected chi connectivity index (χ4v) is 4.80. The second kappa shape index (κ2) is 8.01. The predicted molar refractivity (Wildman–Crippen MR) is 104 cm³/mol. The molecule has 1 aromatic carbocycles. The summed E-state index contributed by atoms with van der Waals surface area (Å²) in [6, 6.07) is 9.29. The van der Waals surface area contributed by atoms with Crippen LogP contribution in [0.15, 0.2) is 46.1 Å². The molecule has 4 rings (SSSR count). The van der Waals surface area contributed by atoms with E-state index in [0.717, 1.165) is 5.56 Å². The van der Waals surface area contributed by atoms with Crippen LogP contribution < -0.4 is 11.2 Å². The van der Waals surface area contributed by atoms with Crippen LogP contribution in [0.3, 0.4) is 0 Å². The van der Waals surface area contributed by atoms with Crippen molar-refractivity contribution in [2.24, 2.45) is 0 Å². The minimum absolute atomic E-state index is 0.0301. The normalized spacial score (nSPS) is 29.1. The molecule has 2 aliphatic heterocycles. The van der Waals surface area contributed by atoms with Gasteiger partial charge in [-0.25, -0.2) is 9.36 Å². The van der Waals surface area contributed by atoms with E-state index in [1.807, 2.05) is 44.2 Å². The second-order valence-corrected chi connectivity index (χ2v) is 9.04. The van der Waals surface area contributed by atoms with Crippen LogP contribution in [0.5, 0.6) is 0 Å². The average molecular weight is 422 g/mol. The number of fused-ring (bicyclic) bond motifs is 1. The highest BCUT2D eigenvalue weighted by atomic mass is 31.2. The fraction of sp³-hybridized carbons (Fsp3) is 0.474. The zero-order valence-corrected chi connectivity index (χ0v) is 17.0. The summed E-state index contributed by atoms with van der Waals surface area (Å²) in [5.41, 5.74) is 0.359. The largest absolute Gasteiger partial charge is 0.475 e. The molecule has 0 unspecified atom stereocenters. The Hall–Kier alpha value is -2.03. The number of ether oxygens (including phenoxy) is 1. The minimum atomic E-state index is -3.74. The topological polar surface area (TPSA) is 109 Å². The van der Waals surface area contributed by atoms with Gasteiger partial charge in [0.15, 0.2) is 0 Å².